The molecule has 0 rings (SSSR count). The van der Waals surface area contributed by atoms with Crippen molar-refractivity contribution in [3.8, 4) is 0 Å². The second-order valence-electron chi connectivity index (χ2n) is 6.35. The fourth-order valence-electron chi connectivity index (χ4n) is 2.78. The Bertz CT molecular complexity index is 151. The van der Waals surface area contributed by atoms with Gasteiger partial charge in [-0.15, -0.1) is 0 Å². The van der Waals surface area contributed by atoms with E-state index in [9.17, 15) is 0 Å². The number of hydrogen-bond donors (Lipinski definition) is 1. The Kier molecular flexibility index (Phi) is 8.09. The number of nitrogens with one attached hydrogen (secondary N) is 1. The van der Waals surface area contributed by atoms with E-state index in [2.05, 4.69) is 53.8 Å². The third-order valence-corrected chi connectivity index (χ3v) is 3.21. The summed E-state index contributed by atoms with van der Waals surface area (Å²) >= 11 is 0. The van der Waals surface area contributed by atoms with Gasteiger partial charge in [-0.3, -0.25) is 0 Å². The van der Waals surface area contributed by atoms with E-state index >= 15 is 0 Å². The minimum Gasteiger partial charge on any atom is -0.314 e. The van der Waals surface area contributed by atoms with Gasteiger partial charge in [-0.25, -0.2) is 0 Å². The molecular weight excluding hydrogens is 194 g/mol. The van der Waals surface area contributed by atoms with Crippen LogP contribution in [0, 0.1) is 23.7 Å². The molecule has 1 heteroatoms. The molecule has 0 aliphatic heterocycles. The van der Waals surface area contributed by atoms with Crippen molar-refractivity contribution in [2.24, 2.45) is 23.7 Å². The number of rotatable bonds is 8. The Hall–Kier alpha value is -0.0400. The van der Waals surface area contributed by atoms with Crippen LogP contribution in [-0.2, 0) is 0 Å². The van der Waals surface area contributed by atoms with Gasteiger partial charge in [0.1, 0.15) is 0 Å². The van der Waals surface area contributed by atoms with Crippen LogP contribution >= 0.6 is 0 Å². The molecule has 0 saturated heterocycles. The Morgan fingerprint density at radius 1 is 0.812 bits per heavy atom. The highest BCUT2D eigenvalue weighted by Gasteiger charge is 2.24. The molecule has 1 N–H and O–H groups in total. The smallest absolute Gasteiger partial charge is 0.0118 e. The van der Waals surface area contributed by atoms with E-state index in [1.165, 1.54) is 12.8 Å². The van der Waals surface area contributed by atoms with Gasteiger partial charge in [-0.2, -0.15) is 0 Å². The molecule has 1 atom stereocenters. The minimum atomic E-state index is 0.690. The highest BCUT2D eigenvalue weighted by molar-refractivity contribution is 4.80. The van der Waals surface area contributed by atoms with Crippen LogP contribution in [0.25, 0.3) is 0 Å². The first kappa shape index (κ1) is 16.0. The molecule has 0 spiro atoms. The minimum absolute atomic E-state index is 0.690. The van der Waals surface area contributed by atoms with Crippen LogP contribution in [0.3, 0.4) is 0 Å². The van der Waals surface area contributed by atoms with E-state index in [0.717, 1.165) is 30.2 Å². The summed E-state index contributed by atoms with van der Waals surface area (Å²) in [5, 5.41) is 3.69. The average molecular weight is 227 g/mol. The fourth-order valence-corrected chi connectivity index (χ4v) is 2.78. The molecule has 0 aromatic rings. The lowest BCUT2D eigenvalue weighted by atomic mass is 9.79. The van der Waals surface area contributed by atoms with Crippen molar-refractivity contribution < 1.29 is 0 Å². The molecule has 98 valence electrons. The van der Waals surface area contributed by atoms with Crippen LogP contribution < -0.4 is 5.32 Å². The topological polar surface area (TPSA) is 12.0 Å². The Labute approximate surface area is 103 Å². The van der Waals surface area contributed by atoms with E-state index in [-0.39, 0.29) is 0 Å². The molecule has 0 bridgehead atoms. The van der Waals surface area contributed by atoms with Crippen LogP contribution in [0.2, 0.25) is 0 Å². The molecule has 0 heterocycles. The first-order valence-corrected chi connectivity index (χ1v) is 7.11. The maximum atomic E-state index is 3.69. The first-order valence-electron chi connectivity index (χ1n) is 7.11. The second-order valence-corrected chi connectivity index (χ2v) is 6.35. The number of hydrogen-bond acceptors (Lipinski definition) is 1. The maximum absolute atomic E-state index is 3.69. The van der Waals surface area contributed by atoms with E-state index in [1.807, 2.05) is 0 Å². The van der Waals surface area contributed by atoms with Crippen molar-refractivity contribution in [1.29, 1.82) is 0 Å². The predicted molar refractivity (Wildman–Crippen MR) is 74.7 cm³/mol. The van der Waals surface area contributed by atoms with Crippen molar-refractivity contribution >= 4 is 0 Å². The Morgan fingerprint density at radius 2 is 1.25 bits per heavy atom. The largest absolute Gasteiger partial charge is 0.314 e. The van der Waals surface area contributed by atoms with Gasteiger partial charge in [0.15, 0.2) is 0 Å². The Balaban J connectivity index is 4.52. The van der Waals surface area contributed by atoms with Gasteiger partial charge < -0.3 is 5.32 Å². The summed E-state index contributed by atoms with van der Waals surface area (Å²) in [5.74, 6) is 3.19. The van der Waals surface area contributed by atoms with Crippen LogP contribution in [0.4, 0.5) is 0 Å². The molecule has 0 amide bonds. The summed E-state index contributed by atoms with van der Waals surface area (Å²) in [7, 11) is 0. The van der Waals surface area contributed by atoms with Gasteiger partial charge in [0, 0.05) is 6.04 Å². The van der Waals surface area contributed by atoms with E-state index in [4.69, 9.17) is 0 Å². The monoisotopic (exact) mass is 227 g/mol. The SMILES string of the molecule is CCNC(C(C)C)C(CC(C)C)CC(C)C. The molecule has 0 aliphatic rings. The molecule has 16 heavy (non-hydrogen) atoms. The van der Waals surface area contributed by atoms with Crippen molar-refractivity contribution in [1.82, 2.24) is 5.32 Å². The zero-order chi connectivity index (χ0) is 12.7. The van der Waals surface area contributed by atoms with Crippen molar-refractivity contribution in [3.05, 3.63) is 0 Å². The molecule has 0 saturated carbocycles. The molecule has 0 aromatic carbocycles. The van der Waals surface area contributed by atoms with E-state index < -0.39 is 0 Å². The maximum Gasteiger partial charge on any atom is 0.0118 e. The molecular formula is C15H33N. The molecule has 0 aliphatic carbocycles. The van der Waals surface area contributed by atoms with Crippen LogP contribution in [-0.4, -0.2) is 12.6 Å². The molecule has 0 fully saturated rings. The fraction of sp³-hybridized carbons (Fsp3) is 1.00. The summed E-state index contributed by atoms with van der Waals surface area (Å²) in [6.07, 6.45) is 2.71. The zero-order valence-electron chi connectivity index (χ0n) is 12.5. The summed E-state index contributed by atoms with van der Waals surface area (Å²) in [5.41, 5.74) is 0. The Morgan fingerprint density at radius 3 is 1.50 bits per heavy atom. The quantitative estimate of drug-likeness (QED) is 0.651. The van der Waals surface area contributed by atoms with Gasteiger partial charge >= 0.3 is 0 Å². The van der Waals surface area contributed by atoms with E-state index in [1.54, 1.807) is 0 Å². The van der Waals surface area contributed by atoms with Crippen molar-refractivity contribution in [2.75, 3.05) is 6.54 Å². The zero-order valence-corrected chi connectivity index (χ0v) is 12.5. The molecule has 0 radical (unpaired) electrons. The highest BCUT2D eigenvalue weighted by atomic mass is 14.9. The summed E-state index contributed by atoms with van der Waals surface area (Å²) < 4.78 is 0. The van der Waals surface area contributed by atoms with Gasteiger partial charge in [0.05, 0.1) is 0 Å². The molecule has 1 nitrogen and oxygen atoms in total. The third kappa shape index (κ3) is 6.52. The standard InChI is InChI=1S/C15H33N/c1-8-16-15(13(6)7)14(9-11(2)3)10-12(4)5/h11-16H,8-10H2,1-7H3. The predicted octanol–water partition coefficient (Wildman–Crippen LogP) is 4.33. The van der Waals surface area contributed by atoms with Crippen LogP contribution in [0.15, 0.2) is 0 Å². The van der Waals surface area contributed by atoms with Gasteiger partial charge in [-0.1, -0.05) is 48.5 Å². The molecule has 0 aromatic heterocycles. The van der Waals surface area contributed by atoms with Gasteiger partial charge in [0.2, 0.25) is 0 Å². The lowest BCUT2D eigenvalue weighted by molar-refractivity contribution is 0.219. The summed E-state index contributed by atoms with van der Waals surface area (Å²) in [6.45, 7) is 17.4. The van der Waals surface area contributed by atoms with E-state index in [0.29, 0.717) is 6.04 Å². The normalized spacial score (nSPS) is 14.4. The van der Waals surface area contributed by atoms with Crippen LogP contribution in [0.1, 0.15) is 61.3 Å². The summed E-state index contributed by atoms with van der Waals surface area (Å²) in [6, 6.07) is 0.690. The second kappa shape index (κ2) is 8.11. The average Bonchev–Trinajstić information content (AvgIpc) is 2.10. The lowest BCUT2D eigenvalue weighted by Crippen LogP contribution is -2.41. The highest BCUT2D eigenvalue weighted by Crippen LogP contribution is 2.27. The molecule has 1 unspecified atom stereocenters. The third-order valence-electron chi connectivity index (χ3n) is 3.21. The first-order chi connectivity index (χ1) is 7.38. The van der Waals surface area contributed by atoms with Gasteiger partial charge in [0.25, 0.3) is 0 Å². The van der Waals surface area contributed by atoms with Gasteiger partial charge in [-0.05, 0) is 43.1 Å². The van der Waals surface area contributed by atoms with Crippen molar-refractivity contribution in [2.45, 2.75) is 67.3 Å². The van der Waals surface area contributed by atoms with Crippen LogP contribution in [0.5, 0.6) is 0 Å². The van der Waals surface area contributed by atoms with Crippen molar-refractivity contribution in [3.63, 3.8) is 0 Å². The lowest BCUT2D eigenvalue weighted by Gasteiger charge is -2.33. The summed E-state index contributed by atoms with van der Waals surface area (Å²) in [4.78, 5) is 0.